The van der Waals surface area contributed by atoms with Crippen LogP contribution in [0.1, 0.15) is 42.8 Å². The zero-order valence-electron chi connectivity index (χ0n) is 13.5. The summed E-state index contributed by atoms with van der Waals surface area (Å²) in [5.74, 6) is 0.803. The van der Waals surface area contributed by atoms with E-state index in [-0.39, 0.29) is 12.1 Å². The minimum atomic E-state index is -0.0159. The maximum Gasteiger partial charge on any atom is 0.318 e. The van der Waals surface area contributed by atoms with Crippen LogP contribution in [0.4, 0.5) is 4.79 Å². The van der Waals surface area contributed by atoms with Crippen LogP contribution in [0.15, 0.2) is 40.9 Å². The van der Waals surface area contributed by atoms with Gasteiger partial charge in [-0.2, -0.15) is 0 Å². The standard InChI is InChI=1S/C18H23N3O2/c1-2-15-13-17(23-20-15)16-9-6-12-21(16)18(22)19-11-10-14-7-4-3-5-8-14/h3-5,7-8,13,16H,2,6,9-12H2,1H3,(H,19,22). The maximum absolute atomic E-state index is 12.4. The van der Waals surface area contributed by atoms with E-state index in [0.29, 0.717) is 6.54 Å². The van der Waals surface area contributed by atoms with Gasteiger partial charge in [-0.05, 0) is 31.2 Å². The van der Waals surface area contributed by atoms with Crippen molar-refractivity contribution in [2.45, 2.75) is 38.6 Å². The van der Waals surface area contributed by atoms with E-state index in [1.54, 1.807) is 0 Å². The fourth-order valence-electron chi connectivity index (χ4n) is 3.02. The van der Waals surface area contributed by atoms with E-state index in [2.05, 4.69) is 22.6 Å². The molecule has 1 N–H and O–H groups in total. The van der Waals surface area contributed by atoms with Crippen LogP contribution in [0.25, 0.3) is 0 Å². The largest absolute Gasteiger partial charge is 0.359 e. The second-order valence-electron chi connectivity index (χ2n) is 5.89. The van der Waals surface area contributed by atoms with Crippen molar-refractivity contribution in [3.8, 4) is 0 Å². The summed E-state index contributed by atoms with van der Waals surface area (Å²) in [6, 6.07) is 12.2. The van der Waals surface area contributed by atoms with Gasteiger partial charge in [-0.25, -0.2) is 4.79 Å². The van der Waals surface area contributed by atoms with Crippen molar-refractivity contribution in [3.63, 3.8) is 0 Å². The molecule has 1 aromatic carbocycles. The lowest BCUT2D eigenvalue weighted by molar-refractivity contribution is 0.182. The molecule has 122 valence electrons. The van der Waals surface area contributed by atoms with Crippen molar-refractivity contribution in [1.29, 1.82) is 0 Å². The molecule has 1 aliphatic rings. The molecule has 5 nitrogen and oxygen atoms in total. The molecule has 0 bridgehead atoms. The van der Waals surface area contributed by atoms with Gasteiger partial charge in [0, 0.05) is 19.2 Å². The Labute approximate surface area is 136 Å². The van der Waals surface area contributed by atoms with E-state index in [4.69, 9.17) is 4.52 Å². The smallest absolute Gasteiger partial charge is 0.318 e. The molecule has 2 aromatic rings. The van der Waals surface area contributed by atoms with E-state index in [1.165, 1.54) is 5.56 Å². The minimum Gasteiger partial charge on any atom is -0.359 e. The Morgan fingerprint density at radius 2 is 2.22 bits per heavy atom. The average Bonchev–Trinajstić information content (AvgIpc) is 3.24. The molecule has 0 radical (unpaired) electrons. The highest BCUT2D eigenvalue weighted by atomic mass is 16.5. The monoisotopic (exact) mass is 313 g/mol. The summed E-state index contributed by atoms with van der Waals surface area (Å²) in [6.07, 6.45) is 3.62. The van der Waals surface area contributed by atoms with Crippen LogP contribution in [-0.2, 0) is 12.8 Å². The summed E-state index contributed by atoms with van der Waals surface area (Å²) < 4.78 is 5.42. The van der Waals surface area contributed by atoms with Crippen LogP contribution < -0.4 is 5.32 Å². The number of hydrogen-bond donors (Lipinski definition) is 1. The van der Waals surface area contributed by atoms with Crippen molar-refractivity contribution < 1.29 is 9.32 Å². The number of carbonyl (C=O) groups is 1. The van der Waals surface area contributed by atoms with Crippen LogP contribution in [0.5, 0.6) is 0 Å². The summed E-state index contributed by atoms with van der Waals surface area (Å²) in [6.45, 7) is 3.46. The van der Waals surface area contributed by atoms with Gasteiger partial charge >= 0.3 is 6.03 Å². The van der Waals surface area contributed by atoms with Gasteiger partial charge in [-0.3, -0.25) is 0 Å². The first-order chi connectivity index (χ1) is 11.3. The zero-order valence-corrected chi connectivity index (χ0v) is 13.5. The quantitative estimate of drug-likeness (QED) is 0.921. The van der Waals surface area contributed by atoms with Crippen molar-refractivity contribution in [2.75, 3.05) is 13.1 Å². The predicted molar refractivity (Wildman–Crippen MR) is 88.1 cm³/mol. The van der Waals surface area contributed by atoms with Crippen molar-refractivity contribution in [3.05, 3.63) is 53.4 Å². The number of aromatic nitrogens is 1. The van der Waals surface area contributed by atoms with E-state index >= 15 is 0 Å². The Kier molecular flexibility index (Phi) is 4.95. The predicted octanol–water partition coefficient (Wildman–Crippen LogP) is 3.33. The van der Waals surface area contributed by atoms with Crippen LogP contribution in [0.2, 0.25) is 0 Å². The first kappa shape index (κ1) is 15.6. The van der Waals surface area contributed by atoms with Crippen molar-refractivity contribution in [2.24, 2.45) is 0 Å². The molecule has 3 rings (SSSR count). The van der Waals surface area contributed by atoms with Crippen LogP contribution in [-0.4, -0.2) is 29.2 Å². The fraction of sp³-hybridized carbons (Fsp3) is 0.444. The van der Waals surface area contributed by atoms with Crippen LogP contribution in [0, 0.1) is 0 Å². The van der Waals surface area contributed by atoms with Gasteiger partial charge in [0.15, 0.2) is 5.76 Å². The summed E-state index contributed by atoms with van der Waals surface area (Å²) in [5, 5.41) is 7.06. The molecule has 23 heavy (non-hydrogen) atoms. The Morgan fingerprint density at radius 3 is 2.96 bits per heavy atom. The molecule has 0 saturated carbocycles. The van der Waals surface area contributed by atoms with E-state index < -0.39 is 0 Å². The van der Waals surface area contributed by atoms with Crippen LogP contribution >= 0.6 is 0 Å². The Hall–Kier alpha value is -2.30. The summed E-state index contributed by atoms with van der Waals surface area (Å²) >= 11 is 0. The second kappa shape index (κ2) is 7.31. The molecule has 0 spiro atoms. The molecule has 1 saturated heterocycles. The number of urea groups is 1. The molecular formula is C18H23N3O2. The lowest BCUT2D eigenvalue weighted by atomic mass is 10.1. The van der Waals surface area contributed by atoms with Crippen molar-refractivity contribution >= 4 is 6.03 Å². The molecule has 1 atom stereocenters. The normalized spacial score (nSPS) is 17.4. The Balaban J connectivity index is 1.55. The number of hydrogen-bond acceptors (Lipinski definition) is 3. The minimum absolute atomic E-state index is 0.0134. The number of nitrogens with one attached hydrogen (secondary N) is 1. The lowest BCUT2D eigenvalue weighted by Crippen LogP contribution is -2.40. The lowest BCUT2D eigenvalue weighted by Gasteiger charge is -2.23. The van der Waals surface area contributed by atoms with E-state index in [9.17, 15) is 4.79 Å². The molecule has 5 heteroatoms. The molecule has 1 aliphatic heterocycles. The third kappa shape index (κ3) is 3.73. The average molecular weight is 313 g/mol. The molecule has 1 fully saturated rings. The third-order valence-corrected chi connectivity index (χ3v) is 4.31. The molecule has 2 heterocycles. The van der Waals surface area contributed by atoms with Gasteiger partial charge in [0.1, 0.15) is 0 Å². The molecule has 2 amide bonds. The number of rotatable bonds is 5. The highest BCUT2D eigenvalue weighted by Crippen LogP contribution is 2.32. The first-order valence-corrected chi connectivity index (χ1v) is 8.32. The number of aryl methyl sites for hydroxylation is 1. The number of benzene rings is 1. The van der Waals surface area contributed by atoms with E-state index in [0.717, 1.165) is 43.7 Å². The second-order valence-corrected chi connectivity index (χ2v) is 5.89. The number of nitrogens with zero attached hydrogens (tertiary/aromatic N) is 2. The highest BCUT2D eigenvalue weighted by Gasteiger charge is 2.32. The van der Waals surface area contributed by atoms with Gasteiger partial charge < -0.3 is 14.7 Å². The molecule has 1 unspecified atom stereocenters. The first-order valence-electron chi connectivity index (χ1n) is 8.32. The van der Waals surface area contributed by atoms with Gasteiger partial charge in [0.05, 0.1) is 11.7 Å². The van der Waals surface area contributed by atoms with Gasteiger partial charge in [0.2, 0.25) is 0 Å². The van der Waals surface area contributed by atoms with Crippen molar-refractivity contribution in [1.82, 2.24) is 15.4 Å². The Bertz CT molecular complexity index is 639. The van der Waals surface area contributed by atoms with Gasteiger partial charge in [-0.1, -0.05) is 42.4 Å². The molecule has 0 aliphatic carbocycles. The van der Waals surface area contributed by atoms with Crippen LogP contribution in [0.3, 0.4) is 0 Å². The fourth-order valence-corrected chi connectivity index (χ4v) is 3.02. The van der Waals surface area contributed by atoms with Gasteiger partial charge in [-0.15, -0.1) is 0 Å². The molecule has 1 aromatic heterocycles. The van der Waals surface area contributed by atoms with Gasteiger partial charge in [0.25, 0.3) is 0 Å². The third-order valence-electron chi connectivity index (χ3n) is 4.31. The summed E-state index contributed by atoms with van der Waals surface area (Å²) in [4.78, 5) is 14.3. The molecular weight excluding hydrogens is 290 g/mol. The maximum atomic E-state index is 12.4. The number of amides is 2. The summed E-state index contributed by atoms with van der Waals surface area (Å²) in [7, 11) is 0. The SMILES string of the molecule is CCc1cc(C2CCCN2C(=O)NCCc2ccccc2)on1. The topological polar surface area (TPSA) is 58.4 Å². The van der Waals surface area contributed by atoms with E-state index in [1.807, 2.05) is 36.1 Å². The highest BCUT2D eigenvalue weighted by molar-refractivity contribution is 5.75. The number of likely N-dealkylation sites (tertiary alicyclic amines) is 1. The zero-order chi connectivity index (χ0) is 16.1. The number of carbonyl (C=O) groups excluding carboxylic acids is 1. The Morgan fingerprint density at radius 1 is 1.39 bits per heavy atom. The summed E-state index contributed by atoms with van der Waals surface area (Å²) in [5.41, 5.74) is 2.17.